The number of hydrogen-bond donors (Lipinski definition) is 2. The van der Waals surface area contributed by atoms with Gasteiger partial charge in [0.1, 0.15) is 11.9 Å². The lowest BCUT2D eigenvalue weighted by molar-refractivity contribution is 0.0426. The summed E-state index contributed by atoms with van der Waals surface area (Å²) in [5.41, 5.74) is 2.07. The van der Waals surface area contributed by atoms with Crippen LogP contribution in [0.15, 0.2) is 42.5 Å². The van der Waals surface area contributed by atoms with Gasteiger partial charge in [-0.05, 0) is 88.9 Å². The molecule has 1 saturated carbocycles. The lowest BCUT2D eigenvalue weighted by Gasteiger charge is -2.39. The Hall–Kier alpha value is -2.61. The van der Waals surface area contributed by atoms with E-state index in [0.717, 1.165) is 31.0 Å². The number of para-hydroxylation sites is 1. The Labute approximate surface area is 262 Å². The number of nitrogens with zero attached hydrogens (tertiary/aromatic N) is 2. The molecule has 7 nitrogen and oxygen atoms in total. The molecule has 0 aromatic heterocycles. The maximum absolute atomic E-state index is 13.9. The molecule has 1 aliphatic carbocycles. The zero-order valence-electron chi connectivity index (χ0n) is 26.3. The van der Waals surface area contributed by atoms with Crippen LogP contribution in [0.3, 0.4) is 0 Å². The molecular weight excluding hydrogens is 560 g/mol. The molecule has 0 radical (unpaired) electrons. The molecule has 8 heteroatoms. The summed E-state index contributed by atoms with van der Waals surface area (Å²) < 4.78 is 6.75. The topological polar surface area (TPSA) is 73.9 Å². The maximum Gasteiger partial charge on any atom is 0.257 e. The Morgan fingerprint density at radius 2 is 1.86 bits per heavy atom. The van der Waals surface area contributed by atoms with Crippen molar-refractivity contribution >= 4 is 23.4 Å². The predicted molar refractivity (Wildman–Crippen MR) is 173 cm³/mol. The SMILES string of the molecule is CC1CN(C(C)C)C(=O)c2cccc(C(=O)NC3CCNC(C4CCCCC4)C3)c2OC1CN(C)Cc1ccc(Cl)cc1. The normalized spacial score (nSPS) is 25.2. The Bertz CT molecular complexity index is 1250. The third kappa shape index (κ3) is 7.92. The second-order valence-corrected chi connectivity index (χ2v) is 13.8. The van der Waals surface area contributed by atoms with Gasteiger partial charge in [-0.2, -0.15) is 0 Å². The quantitative estimate of drug-likeness (QED) is 0.376. The fourth-order valence-electron chi connectivity index (χ4n) is 7.12. The monoisotopic (exact) mass is 608 g/mol. The second kappa shape index (κ2) is 14.4. The van der Waals surface area contributed by atoms with Gasteiger partial charge in [-0.15, -0.1) is 0 Å². The first-order valence-electron chi connectivity index (χ1n) is 16.3. The molecule has 2 N–H and O–H groups in total. The second-order valence-electron chi connectivity index (χ2n) is 13.3. The molecule has 2 amide bonds. The predicted octanol–water partition coefficient (Wildman–Crippen LogP) is 6.15. The van der Waals surface area contributed by atoms with Crippen molar-refractivity contribution in [2.75, 3.05) is 26.7 Å². The van der Waals surface area contributed by atoms with Crippen LogP contribution in [0.25, 0.3) is 0 Å². The zero-order chi connectivity index (χ0) is 30.5. The van der Waals surface area contributed by atoms with E-state index in [1.165, 1.54) is 37.7 Å². The van der Waals surface area contributed by atoms with Crippen molar-refractivity contribution in [2.24, 2.45) is 11.8 Å². The van der Waals surface area contributed by atoms with E-state index < -0.39 is 0 Å². The van der Waals surface area contributed by atoms with E-state index in [1.807, 2.05) is 55.1 Å². The van der Waals surface area contributed by atoms with Crippen LogP contribution in [0.4, 0.5) is 0 Å². The molecule has 2 aliphatic heterocycles. The molecule has 2 aromatic carbocycles. The Morgan fingerprint density at radius 3 is 2.58 bits per heavy atom. The molecule has 234 valence electrons. The first kappa shape index (κ1) is 31.8. The van der Waals surface area contributed by atoms with Gasteiger partial charge in [-0.3, -0.25) is 14.5 Å². The number of carbonyl (C=O) groups excluding carboxylic acids is 2. The standard InChI is InChI=1S/C35H49ClN4O3/c1-23(2)40-20-24(3)32(22-39(4)21-25-13-15-27(36)16-14-25)43-33-29(11-8-12-30(33)35(40)42)34(41)38-28-17-18-37-31(19-28)26-9-6-5-7-10-26/h8,11-16,23-24,26,28,31-32,37H,5-7,9-10,17-22H2,1-4H3,(H,38,41). The minimum Gasteiger partial charge on any atom is -0.487 e. The van der Waals surface area contributed by atoms with Crippen LogP contribution in [0.1, 0.15) is 92.0 Å². The number of piperidine rings is 1. The highest BCUT2D eigenvalue weighted by molar-refractivity contribution is 6.30. The molecule has 2 aromatic rings. The lowest BCUT2D eigenvalue weighted by Crippen LogP contribution is -2.51. The molecule has 0 spiro atoms. The van der Waals surface area contributed by atoms with Gasteiger partial charge < -0.3 is 20.3 Å². The van der Waals surface area contributed by atoms with Crippen LogP contribution < -0.4 is 15.4 Å². The molecule has 5 rings (SSSR count). The molecule has 4 atom stereocenters. The summed E-state index contributed by atoms with van der Waals surface area (Å²) in [6.07, 6.45) is 8.14. The molecule has 2 fully saturated rings. The summed E-state index contributed by atoms with van der Waals surface area (Å²) in [7, 11) is 2.08. The summed E-state index contributed by atoms with van der Waals surface area (Å²) in [6.45, 7) is 9.12. The van der Waals surface area contributed by atoms with Crippen molar-refractivity contribution < 1.29 is 14.3 Å². The van der Waals surface area contributed by atoms with E-state index in [9.17, 15) is 9.59 Å². The summed E-state index contributed by atoms with van der Waals surface area (Å²) in [4.78, 5) is 31.9. The third-order valence-electron chi connectivity index (χ3n) is 9.61. The maximum atomic E-state index is 13.9. The number of rotatable bonds is 8. The van der Waals surface area contributed by atoms with Gasteiger partial charge in [0.15, 0.2) is 0 Å². The molecule has 4 unspecified atom stereocenters. The highest BCUT2D eigenvalue weighted by Gasteiger charge is 2.35. The van der Waals surface area contributed by atoms with Gasteiger partial charge in [-0.25, -0.2) is 0 Å². The number of fused-ring (bicyclic) bond motifs is 1. The molecule has 0 bridgehead atoms. The van der Waals surface area contributed by atoms with Crippen molar-refractivity contribution in [3.63, 3.8) is 0 Å². The van der Waals surface area contributed by atoms with Gasteiger partial charge in [0.25, 0.3) is 11.8 Å². The van der Waals surface area contributed by atoms with Gasteiger partial charge in [0.2, 0.25) is 0 Å². The van der Waals surface area contributed by atoms with Crippen molar-refractivity contribution in [1.29, 1.82) is 0 Å². The van der Waals surface area contributed by atoms with Crippen molar-refractivity contribution in [2.45, 2.75) is 96.5 Å². The van der Waals surface area contributed by atoms with E-state index >= 15 is 0 Å². The number of nitrogens with one attached hydrogen (secondary N) is 2. The van der Waals surface area contributed by atoms with Crippen LogP contribution >= 0.6 is 11.6 Å². The van der Waals surface area contributed by atoms with E-state index in [0.29, 0.717) is 41.9 Å². The number of benzene rings is 2. The van der Waals surface area contributed by atoms with Crippen LogP contribution in [0, 0.1) is 11.8 Å². The van der Waals surface area contributed by atoms with Crippen molar-refractivity contribution in [3.8, 4) is 5.75 Å². The first-order chi connectivity index (χ1) is 20.7. The largest absolute Gasteiger partial charge is 0.487 e. The Morgan fingerprint density at radius 1 is 1.12 bits per heavy atom. The minimum absolute atomic E-state index is 0.0253. The Balaban J connectivity index is 1.37. The Kier molecular flexibility index (Phi) is 10.7. The van der Waals surface area contributed by atoms with Gasteiger partial charge in [0.05, 0.1) is 11.1 Å². The van der Waals surface area contributed by atoms with Crippen LogP contribution in [0.2, 0.25) is 5.02 Å². The van der Waals surface area contributed by atoms with Gasteiger partial charge >= 0.3 is 0 Å². The average Bonchev–Trinajstić information content (AvgIpc) is 3.00. The van der Waals surface area contributed by atoms with Gasteiger partial charge in [-0.1, -0.05) is 56.0 Å². The number of ether oxygens (including phenoxy) is 1. The van der Waals surface area contributed by atoms with E-state index in [-0.39, 0.29) is 35.9 Å². The van der Waals surface area contributed by atoms with Crippen molar-refractivity contribution in [1.82, 2.24) is 20.4 Å². The fourth-order valence-corrected chi connectivity index (χ4v) is 7.25. The summed E-state index contributed by atoms with van der Waals surface area (Å²) in [6, 6.07) is 13.9. The number of likely N-dealkylation sites (N-methyl/N-ethyl adjacent to an activating group) is 1. The van der Waals surface area contributed by atoms with E-state index in [1.54, 1.807) is 6.07 Å². The lowest BCUT2D eigenvalue weighted by atomic mass is 9.80. The van der Waals surface area contributed by atoms with Crippen LogP contribution in [-0.4, -0.2) is 72.5 Å². The smallest absolute Gasteiger partial charge is 0.257 e. The van der Waals surface area contributed by atoms with Crippen molar-refractivity contribution in [3.05, 3.63) is 64.2 Å². The van der Waals surface area contributed by atoms with Crippen LogP contribution in [0.5, 0.6) is 5.75 Å². The first-order valence-corrected chi connectivity index (χ1v) is 16.6. The highest BCUT2D eigenvalue weighted by Crippen LogP contribution is 2.33. The number of amides is 2. The number of hydrogen-bond acceptors (Lipinski definition) is 5. The van der Waals surface area contributed by atoms with Gasteiger partial charge in [0, 0.05) is 48.7 Å². The average molecular weight is 609 g/mol. The van der Waals surface area contributed by atoms with Crippen LogP contribution in [-0.2, 0) is 6.54 Å². The molecule has 3 aliphatic rings. The highest BCUT2D eigenvalue weighted by atomic mass is 35.5. The fraction of sp³-hybridized carbons (Fsp3) is 0.600. The number of carbonyl (C=O) groups is 2. The zero-order valence-corrected chi connectivity index (χ0v) is 27.0. The molecular formula is C35H49ClN4O3. The van der Waals surface area contributed by atoms with E-state index in [2.05, 4.69) is 29.5 Å². The summed E-state index contributed by atoms with van der Waals surface area (Å²) >= 11 is 6.10. The third-order valence-corrected chi connectivity index (χ3v) is 9.86. The molecule has 1 saturated heterocycles. The summed E-state index contributed by atoms with van der Waals surface area (Å²) in [5.74, 6) is 0.921. The van der Waals surface area contributed by atoms with E-state index in [4.69, 9.17) is 16.3 Å². The summed E-state index contributed by atoms with van der Waals surface area (Å²) in [5, 5.41) is 7.79. The minimum atomic E-state index is -0.214. The number of halogens is 1. The molecule has 2 heterocycles. The molecule has 43 heavy (non-hydrogen) atoms.